The molecule has 0 spiro atoms. The van der Waals surface area contributed by atoms with Crippen LogP contribution in [0, 0.1) is 0 Å². The van der Waals surface area contributed by atoms with E-state index in [0.717, 1.165) is 63.8 Å². The first kappa shape index (κ1) is 18.9. The van der Waals surface area contributed by atoms with Gasteiger partial charge >= 0.3 is 0 Å². The normalized spacial score (nSPS) is 19.4. The van der Waals surface area contributed by atoms with Gasteiger partial charge in [0.2, 0.25) is 5.95 Å². The maximum atomic E-state index is 4.89. The van der Waals surface area contributed by atoms with Crippen molar-refractivity contribution in [2.75, 3.05) is 57.8 Å². The monoisotopic (exact) mass is 359 g/mol. The number of likely N-dealkylation sites (N-methyl/N-ethyl adjacent to an activating group) is 1. The Bertz CT molecular complexity index is 548. The number of aromatic nitrogens is 2. The molecule has 0 unspecified atom stereocenters. The van der Waals surface area contributed by atoms with Crippen molar-refractivity contribution < 1.29 is 0 Å². The lowest BCUT2D eigenvalue weighted by Gasteiger charge is -2.36. The van der Waals surface area contributed by atoms with E-state index in [9.17, 15) is 0 Å². The molecule has 0 atom stereocenters. The Hall–Kier alpha value is -1.89. The summed E-state index contributed by atoms with van der Waals surface area (Å²) in [4.78, 5) is 20.7. The fourth-order valence-electron chi connectivity index (χ4n) is 3.84. The third-order valence-electron chi connectivity index (χ3n) is 5.41. The summed E-state index contributed by atoms with van der Waals surface area (Å²) in [5.74, 6) is 1.87. The second-order valence-electron chi connectivity index (χ2n) is 7.18. The van der Waals surface area contributed by atoms with E-state index in [1.807, 2.05) is 6.07 Å². The van der Waals surface area contributed by atoms with Crippen LogP contribution >= 0.6 is 0 Å². The van der Waals surface area contributed by atoms with E-state index in [-0.39, 0.29) is 0 Å². The number of rotatable bonds is 6. The summed E-state index contributed by atoms with van der Waals surface area (Å²) in [5.41, 5.74) is 0. The van der Waals surface area contributed by atoms with Gasteiger partial charge in [-0.25, -0.2) is 9.97 Å². The summed E-state index contributed by atoms with van der Waals surface area (Å²) < 4.78 is 0. The molecule has 2 heterocycles. The number of anilines is 1. The van der Waals surface area contributed by atoms with Crippen molar-refractivity contribution in [1.82, 2.24) is 25.1 Å². The average molecular weight is 360 g/mol. The number of hydrogen-bond acceptors (Lipinski definition) is 5. The molecule has 2 fully saturated rings. The highest BCUT2D eigenvalue weighted by Crippen LogP contribution is 2.21. The van der Waals surface area contributed by atoms with Gasteiger partial charge in [0, 0.05) is 57.7 Å². The Morgan fingerprint density at radius 2 is 1.88 bits per heavy atom. The van der Waals surface area contributed by atoms with Gasteiger partial charge in [0.25, 0.3) is 0 Å². The third kappa shape index (κ3) is 5.06. The summed E-state index contributed by atoms with van der Waals surface area (Å²) in [6, 6.07) is 2.63. The van der Waals surface area contributed by atoms with E-state index in [4.69, 9.17) is 4.99 Å². The van der Waals surface area contributed by atoms with Crippen LogP contribution in [0.4, 0.5) is 5.95 Å². The van der Waals surface area contributed by atoms with Gasteiger partial charge in [0.15, 0.2) is 5.96 Å². The number of aliphatic imine (C=N–C) groups is 1. The van der Waals surface area contributed by atoms with Gasteiger partial charge in [-0.05, 0) is 32.9 Å². The molecule has 1 saturated carbocycles. The molecule has 0 bridgehead atoms. The number of hydrogen-bond donors (Lipinski definition) is 1. The van der Waals surface area contributed by atoms with Crippen molar-refractivity contribution in [2.24, 2.45) is 4.99 Å². The molecule has 2 aliphatic rings. The minimum absolute atomic E-state index is 0.766. The molecule has 0 radical (unpaired) electrons. The first-order valence-electron chi connectivity index (χ1n) is 10.0. The zero-order valence-corrected chi connectivity index (χ0v) is 16.3. The Kier molecular flexibility index (Phi) is 7.05. The van der Waals surface area contributed by atoms with Crippen molar-refractivity contribution in [3.05, 3.63) is 18.5 Å². The lowest BCUT2D eigenvalue weighted by molar-refractivity contribution is 0.252. The average Bonchev–Trinajstić information content (AvgIpc) is 3.23. The van der Waals surface area contributed by atoms with Crippen LogP contribution in [0.1, 0.15) is 32.6 Å². The Labute approximate surface area is 157 Å². The van der Waals surface area contributed by atoms with Gasteiger partial charge < -0.3 is 20.0 Å². The molecular weight excluding hydrogens is 326 g/mol. The Morgan fingerprint density at radius 3 is 2.54 bits per heavy atom. The molecule has 1 aliphatic heterocycles. The van der Waals surface area contributed by atoms with Gasteiger partial charge in [0.1, 0.15) is 0 Å². The highest BCUT2D eigenvalue weighted by Gasteiger charge is 2.22. The van der Waals surface area contributed by atoms with E-state index >= 15 is 0 Å². The van der Waals surface area contributed by atoms with Crippen molar-refractivity contribution in [3.63, 3.8) is 0 Å². The third-order valence-corrected chi connectivity index (χ3v) is 5.41. The fourth-order valence-corrected chi connectivity index (χ4v) is 3.84. The Morgan fingerprint density at radius 1 is 1.19 bits per heavy atom. The van der Waals surface area contributed by atoms with Gasteiger partial charge in [-0.1, -0.05) is 12.8 Å². The summed E-state index contributed by atoms with van der Waals surface area (Å²) in [6.07, 6.45) is 9.09. The molecule has 0 aromatic carbocycles. The van der Waals surface area contributed by atoms with Crippen LogP contribution in [0.3, 0.4) is 0 Å². The van der Waals surface area contributed by atoms with Crippen LogP contribution in [0.25, 0.3) is 0 Å². The largest absolute Gasteiger partial charge is 0.357 e. The van der Waals surface area contributed by atoms with Gasteiger partial charge in [-0.15, -0.1) is 0 Å². The second-order valence-corrected chi connectivity index (χ2v) is 7.18. The van der Waals surface area contributed by atoms with Crippen LogP contribution in [0.15, 0.2) is 23.5 Å². The van der Waals surface area contributed by atoms with E-state index < -0.39 is 0 Å². The van der Waals surface area contributed by atoms with Gasteiger partial charge in [0.05, 0.1) is 6.54 Å². The highest BCUT2D eigenvalue weighted by molar-refractivity contribution is 5.80. The molecule has 3 rings (SSSR count). The minimum Gasteiger partial charge on any atom is -0.357 e. The molecule has 1 N–H and O–H groups in total. The first-order valence-corrected chi connectivity index (χ1v) is 10.0. The molecule has 0 amide bonds. The van der Waals surface area contributed by atoms with Crippen molar-refractivity contribution in [1.29, 1.82) is 0 Å². The predicted octanol–water partition coefficient (Wildman–Crippen LogP) is 1.44. The molecule has 1 aromatic heterocycles. The standard InChI is InChI=1S/C19H33N7/c1-3-20-18(23-11-12-24(2)17-7-4-5-8-17)25-13-15-26(16-14-25)19-21-9-6-10-22-19/h6,9-10,17H,3-5,7-8,11-16H2,1-2H3,(H,20,23). The van der Waals surface area contributed by atoms with Crippen LogP contribution in [0.5, 0.6) is 0 Å². The first-order chi connectivity index (χ1) is 12.8. The predicted molar refractivity (Wildman–Crippen MR) is 107 cm³/mol. The SMILES string of the molecule is CCNC(=NCCN(C)C1CCCC1)N1CCN(c2ncccn2)CC1. The van der Waals surface area contributed by atoms with E-state index in [1.165, 1.54) is 25.7 Å². The number of nitrogens with zero attached hydrogens (tertiary/aromatic N) is 6. The maximum Gasteiger partial charge on any atom is 0.225 e. The summed E-state index contributed by atoms with van der Waals surface area (Å²) in [5, 5.41) is 3.46. The van der Waals surface area contributed by atoms with Crippen LogP contribution in [-0.4, -0.2) is 84.6 Å². The van der Waals surface area contributed by atoms with Crippen molar-refractivity contribution >= 4 is 11.9 Å². The van der Waals surface area contributed by atoms with E-state index in [2.05, 4.69) is 44.0 Å². The zero-order chi connectivity index (χ0) is 18.2. The van der Waals surface area contributed by atoms with Crippen LogP contribution < -0.4 is 10.2 Å². The highest BCUT2D eigenvalue weighted by atomic mass is 15.4. The summed E-state index contributed by atoms with van der Waals surface area (Å²) in [6.45, 7) is 8.68. The fraction of sp³-hybridized carbons (Fsp3) is 0.737. The van der Waals surface area contributed by atoms with E-state index in [0.29, 0.717) is 0 Å². The quantitative estimate of drug-likeness (QED) is 0.613. The van der Waals surface area contributed by atoms with Crippen LogP contribution in [0.2, 0.25) is 0 Å². The van der Waals surface area contributed by atoms with E-state index in [1.54, 1.807) is 12.4 Å². The van der Waals surface area contributed by atoms with Crippen molar-refractivity contribution in [3.8, 4) is 0 Å². The minimum atomic E-state index is 0.766. The lowest BCUT2D eigenvalue weighted by Crippen LogP contribution is -2.53. The molecule has 7 nitrogen and oxygen atoms in total. The summed E-state index contributed by atoms with van der Waals surface area (Å²) >= 11 is 0. The molecule has 144 valence electrons. The van der Waals surface area contributed by atoms with Gasteiger partial charge in [-0.3, -0.25) is 4.99 Å². The maximum absolute atomic E-state index is 4.89. The van der Waals surface area contributed by atoms with Crippen LogP contribution in [-0.2, 0) is 0 Å². The summed E-state index contributed by atoms with van der Waals surface area (Å²) in [7, 11) is 2.25. The molecular formula is C19H33N7. The topological polar surface area (TPSA) is 59.9 Å². The zero-order valence-electron chi connectivity index (χ0n) is 16.3. The number of piperazine rings is 1. The molecule has 7 heteroatoms. The molecule has 26 heavy (non-hydrogen) atoms. The molecule has 1 aliphatic carbocycles. The molecule has 1 saturated heterocycles. The Balaban J connectivity index is 1.49. The van der Waals surface area contributed by atoms with Gasteiger partial charge in [-0.2, -0.15) is 0 Å². The lowest BCUT2D eigenvalue weighted by atomic mass is 10.2. The second kappa shape index (κ2) is 9.71. The van der Waals surface area contributed by atoms with Crippen molar-refractivity contribution in [2.45, 2.75) is 38.6 Å². The smallest absolute Gasteiger partial charge is 0.225 e. The number of nitrogens with one attached hydrogen (secondary N) is 1. The molecule has 1 aromatic rings. The number of guanidine groups is 1.